The monoisotopic (exact) mass is 235 g/mol. The van der Waals surface area contributed by atoms with Crippen molar-refractivity contribution in [2.75, 3.05) is 6.54 Å². The topological polar surface area (TPSA) is 58.7 Å². The first-order valence-electron chi connectivity index (χ1n) is 6.18. The number of hydrogen-bond acceptors (Lipinski definition) is 2. The van der Waals surface area contributed by atoms with E-state index in [-0.39, 0.29) is 17.0 Å². The van der Waals surface area contributed by atoms with Gasteiger partial charge in [0.25, 0.3) is 0 Å². The number of nitrogens with zero attached hydrogens (tertiary/aromatic N) is 2. The number of amidine groups is 1. The molecule has 1 saturated carbocycles. The van der Waals surface area contributed by atoms with E-state index in [9.17, 15) is 4.79 Å². The summed E-state index contributed by atoms with van der Waals surface area (Å²) in [5.74, 6) is 0.497. The fourth-order valence-electron chi connectivity index (χ4n) is 3.25. The molecule has 0 aromatic carbocycles. The van der Waals surface area contributed by atoms with Crippen molar-refractivity contribution < 1.29 is 4.79 Å². The number of amides is 2. The van der Waals surface area contributed by atoms with Crippen LogP contribution in [0.25, 0.3) is 0 Å². The van der Waals surface area contributed by atoms with Gasteiger partial charge in [0.1, 0.15) is 11.4 Å². The highest BCUT2D eigenvalue weighted by Gasteiger charge is 2.52. The van der Waals surface area contributed by atoms with Crippen molar-refractivity contribution in [2.45, 2.75) is 45.1 Å². The summed E-state index contributed by atoms with van der Waals surface area (Å²) in [4.78, 5) is 17.6. The van der Waals surface area contributed by atoms with Gasteiger partial charge < -0.3 is 10.6 Å². The van der Waals surface area contributed by atoms with Crippen LogP contribution in [0.15, 0.2) is 17.6 Å². The maximum Gasteiger partial charge on any atom is 0.346 e. The highest BCUT2D eigenvalue weighted by molar-refractivity contribution is 6.06. The van der Waals surface area contributed by atoms with Crippen LogP contribution in [0.5, 0.6) is 0 Å². The molecule has 2 rings (SSSR count). The summed E-state index contributed by atoms with van der Waals surface area (Å²) in [5.41, 5.74) is 5.89. The van der Waals surface area contributed by atoms with Crippen molar-refractivity contribution in [1.82, 2.24) is 4.90 Å². The van der Waals surface area contributed by atoms with Gasteiger partial charge in [-0.3, -0.25) is 0 Å². The van der Waals surface area contributed by atoms with E-state index in [2.05, 4.69) is 25.4 Å². The minimum Gasteiger partial charge on any atom is -0.385 e. The summed E-state index contributed by atoms with van der Waals surface area (Å²) in [5, 5.41) is 0. The molecule has 94 valence electrons. The van der Waals surface area contributed by atoms with Crippen LogP contribution in [0.4, 0.5) is 4.79 Å². The first kappa shape index (κ1) is 12.1. The third-order valence-corrected chi connectivity index (χ3v) is 3.97. The van der Waals surface area contributed by atoms with E-state index in [0.29, 0.717) is 12.4 Å². The molecule has 1 spiro atoms. The van der Waals surface area contributed by atoms with Crippen LogP contribution in [0.3, 0.4) is 0 Å². The maximum absolute atomic E-state index is 11.9. The number of rotatable bonds is 2. The Balaban J connectivity index is 2.35. The molecule has 1 heterocycles. The van der Waals surface area contributed by atoms with Gasteiger partial charge in [-0.15, -0.1) is 6.58 Å². The molecule has 2 N–H and O–H groups in total. The Morgan fingerprint density at radius 2 is 2.24 bits per heavy atom. The molecule has 1 fully saturated rings. The van der Waals surface area contributed by atoms with Crippen molar-refractivity contribution in [2.24, 2.45) is 16.1 Å². The first-order chi connectivity index (χ1) is 7.91. The molecule has 2 amide bonds. The van der Waals surface area contributed by atoms with Gasteiger partial charge in [0.15, 0.2) is 0 Å². The lowest BCUT2D eigenvalue weighted by Crippen LogP contribution is -2.57. The van der Waals surface area contributed by atoms with E-state index in [1.54, 1.807) is 11.0 Å². The van der Waals surface area contributed by atoms with Gasteiger partial charge in [-0.05, 0) is 24.7 Å². The quantitative estimate of drug-likeness (QED) is 0.747. The normalized spacial score (nSPS) is 31.8. The molecule has 2 aliphatic rings. The summed E-state index contributed by atoms with van der Waals surface area (Å²) >= 11 is 0. The van der Waals surface area contributed by atoms with Crippen LogP contribution in [0.2, 0.25) is 0 Å². The number of carbonyl (C=O) groups excluding carboxylic acids is 1. The molecule has 17 heavy (non-hydrogen) atoms. The zero-order valence-corrected chi connectivity index (χ0v) is 10.7. The van der Waals surface area contributed by atoms with Crippen molar-refractivity contribution in [3.63, 3.8) is 0 Å². The number of carbonyl (C=O) groups is 1. The van der Waals surface area contributed by atoms with E-state index in [1.807, 2.05) is 0 Å². The third-order valence-electron chi connectivity index (χ3n) is 3.97. The number of aliphatic imine (C=N–C) groups is 1. The Morgan fingerprint density at radius 3 is 2.82 bits per heavy atom. The molecule has 4 heteroatoms. The molecule has 4 nitrogen and oxygen atoms in total. The molecule has 0 aromatic rings. The van der Waals surface area contributed by atoms with Gasteiger partial charge in [-0.2, -0.15) is 4.99 Å². The lowest BCUT2D eigenvalue weighted by atomic mass is 9.67. The average Bonchev–Trinajstić information content (AvgIpc) is 2.42. The highest BCUT2D eigenvalue weighted by Crippen LogP contribution is 2.46. The molecular weight excluding hydrogens is 214 g/mol. The van der Waals surface area contributed by atoms with Gasteiger partial charge >= 0.3 is 6.03 Å². The van der Waals surface area contributed by atoms with Crippen LogP contribution < -0.4 is 5.73 Å². The minimum absolute atomic E-state index is 0.208. The lowest BCUT2D eigenvalue weighted by molar-refractivity contribution is 0.0935. The SMILES string of the molecule is C=CCN1C(=O)N=C(N)C12CCCC(C)(C)C2. The molecule has 1 atom stereocenters. The molecule has 0 aromatic heterocycles. The molecule has 1 aliphatic carbocycles. The predicted octanol–water partition coefficient (Wildman–Crippen LogP) is 2.30. The van der Waals surface area contributed by atoms with Gasteiger partial charge in [0, 0.05) is 6.54 Å². The molecule has 0 bridgehead atoms. The molecule has 0 radical (unpaired) electrons. The van der Waals surface area contributed by atoms with Crippen LogP contribution in [0, 0.1) is 5.41 Å². The third kappa shape index (κ3) is 1.85. The lowest BCUT2D eigenvalue weighted by Gasteiger charge is -2.46. The number of nitrogens with two attached hydrogens (primary N) is 1. The van der Waals surface area contributed by atoms with Crippen molar-refractivity contribution >= 4 is 11.9 Å². The first-order valence-corrected chi connectivity index (χ1v) is 6.18. The van der Waals surface area contributed by atoms with Gasteiger partial charge in [0.05, 0.1) is 0 Å². The number of urea groups is 1. The summed E-state index contributed by atoms with van der Waals surface area (Å²) in [7, 11) is 0. The second-order valence-corrected chi connectivity index (χ2v) is 5.91. The molecule has 0 saturated heterocycles. The van der Waals surface area contributed by atoms with E-state index in [0.717, 1.165) is 19.3 Å². The maximum atomic E-state index is 11.9. The standard InChI is InChI=1S/C13H21N3O/c1-4-8-16-11(17)15-10(14)13(16)7-5-6-12(2,3)9-13/h4H,1,5-9H2,2-3H3,(H2,14,15,17). The summed E-state index contributed by atoms with van der Waals surface area (Å²) in [6.07, 6.45) is 5.83. The predicted molar refractivity (Wildman–Crippen MR) is 68.9 cm³/mol. The zero-order valence-electron chi connectivity index (χ0n) is 10.7. The minimum atomic E-state index is -0.354. The Kier molecular flexibility index (Phi) is 2.76. The Labute approximate surface area is 103 Å². The summed E-state index contributed by atoms with van der Waals surface area (Å²) < 4.78 is 0. The van der Waals surface area contributed by atoms with Crippen LogP contribution in [-0.4, -0.2) is 28.9 Å². The Hall–Kier alpha value is -1.32. The van der Waals surface area contributed by atoms with Gasteiger partial charge in [-0.25, -0.2) is 4.79 Å². The van der Waals surface area contributed by atoms with Crippen LogP contribution in [-0.2, 0) is 0 Å². The molecule has 1 aliphatic heterocycles. The Bertz CT molecular complexity index is 386. The molecule has 1 unspecified atom stereocenters. The van der Waals surface area contributed by atoms with Gasteiger partial charge in [-0.1, -0.05) is 26.3 Å². The Morgan fingerprint density at radius 1 is 1.53 bits per heavy atom. The van der Waals surface area contributed by atoms with E-state index in [1.165, 1.54) is 6.42 Å². The second-order valence-electron chi connectivity index (χ2n) is 5.91. The van der Waals surface area contributed by atoms with E-state index >= 15 is 0 Å². The van der Waals surface area contributed by atoms with Gasteiger partial charge in [0.2, 0.25) is 0 Å². The molecular formula is C13H21N3O. The highest BCUT2D eigenvalue weighted by atomic mass is 16.2. The van der Waals surface area contributed by atoms with E-state index < -0.39 is 0 Å². The fourth-order valence-corrected chi connectivity index (χ4v) is 3.25. The van der Waals surface area contributed by atoms with Crippen molar-refractivity contribution in [3.8, 4) is 0 Å². The van der Waals surface area contributed by atoms with Crippen molar-refractivity contribution in [3.05, 3.63) is 12.7 Å². The zero-order chi connectivity index (χ0) is 12.7. The van der Waals surface area contributed by atoms with E-state index in [4.69, 9.17) is 5.73 Å². The number of hydrogen-bond donors (Lipinski definition) is 1. The largest absolute Gasteiger partial charge is 0.385 e. The fraction of sp³-hybridized carbons (Fsp3) is 0.692. The summed E-state index contributed by atoms with van der Waals surface area (Å²) in [6, 6.07) is -0.208. The smallest absolute Gasteiger partial charge is 0.346 e. The summed E-state index contributed by atoms with van der Waals surface area (Å²) in [6.45, 7) is 8.70. The van der Waals surface area contributed by atoms with Crippen LogP contribution >= 0.6 is 0 Å². The van der Waals surface area contributed by atoms with Crippen LogP contribution in [0.1, 0.15) is 39.5 Å². The second kappa shape index (κ2) is 3.86. The van der Waals surface area contributed by atoms with Crippen molar-refractivity contribution in [1.29, 1.82) is 0 Å². The average molecular weight is 235 g/mol.